The minimum absolute atomic E-state index is 0.178. The number of aryl methyl sites for hydroxylation is 1. The van der Waals surface area contributed by atoms with Crippen molar-refractivity contribution in [3.05, 3.63) is 18.0 Å². The summed E-state index contributed by atoms with van der Waals surface area (Å²) in [6, 6.07) is 0. The number of rotatable bonds is 4. The summed E-state index contributed by atoms with van der Waals surface area (Å²) < 4.78 is 5.75. The van der Waals surface area contributed by atoms with Crippen LogP contribution < -0.4 is 5.73 Å². The Kier molecular flexibility index (Phi) is 3.20. The van der Waals surface area contributed by atoms with E-state index in [4.69, 9.17) is 18.0 Å². The number of hydrogen-bond donors (Lipinski definition) is 1. The second-order valence-electron chi connectivity index (χ2n) is 3.12. The van der Waals surface area contributed by atoms with E-state index in [-0.39, 0.29) is 4.99 Å². The average Bonchev–Trinajstić information content (AvgIpc) is 2.84. The van der Waals surface area contributed by atoms with Crippen molar-refractivity contribution in [1.82, 2.24) is 24.1 Å². The number of hydrogen-bond acceptors (Lipinski definition) is 6. The second-order valence-corrected chi connectivity index (χ2v) is 4.29. The molecule has 0 saturated heterocycles. The molecule has 0 atom stereocenters. The van der Waals surface area contributed by atoms with Gasteiger partial charge in [0, 0.05) is 18.0 Å². The molecule has 8 heteroatoms. The van der Waals surface area contributed by atoms with Crippen molar-refractivity contribution in [2.75, 3.05) is 0 Å². The van der Waals surface area contributed by atoms with Crippen LogP contribution in [0.1, 0.15) is 25.0 Å². The van der Waals surface area contributed by atoms with E-state index in [2.05, 4.69) is 26.4 Å². The smallest absolute Gasteiger partial charge is 0.231 e. The number of thiocarbonyl (C=S) groups is 1. The van der Waals surface area contributed by atoms with E-state index >= 15 is 0 Å². The molecule has 0 unspecified atom stereocenters. The zero-order valence-electron chi connectivity index (χ0n) is 8.62. The first-order valence-electron chi connectivity index (χ1n) is 4.75. The standard InChI is InChI=1S/C8H10N6S2/c1-2-3-5-11-8(16-13-5)14-4-10-7(12-14)6(9)15/h4H,2-3H2,1H3,(H2,9,15). The maximum absolute atomic E-state index is 5.42. The summed E-state index contributed by atoms with van der Waals surface area (Å²) in [6.45, 7) is 2.08. The number of nitrogens with zero attached hydrogens (tertiary/aromatic N) is 5. The Morgan fingerprint density at radius 1 is 1.62 bits per heavy atom. The van der Waals surface area contributed by atoms with E-state index in [0.717, 1.165) is 18.7 Å². The molecule has 0 radical (unpaired) electrons. The molecular weight excluding hydrogens is 244 g/mol. The molecule has 0 aromatic carbocycles. The summed E-state index contributed by atoms with van der Waals surface area (Å²) in [6.07, 6.45) is 3.42. The Balaban J connectivity index is 2.24. The lowest BCUT2D eigenvalue weighted by molar-refractivity contribution is 0.823. The van der Waals surface area contributed by atoms with E-state index in [1.807, 2.05) is 0 Å². The monoisotopic (exact) mass is 254 g/mol. The lowest BCUT2D eigenvalue weighted by Gasteiger charge is -1.90. The van der Waals surface area contributed by atoms with Crippen LogP contribution in [0.5, 0.6) is 0 Å². The van der Waals surface area contributed by atoms with Gasteiger partial charge in [0.15, 0.2) is 0 Å². The number of aromatic nitrogens is 5. The highest BCUT2D eigenvalue weighted by Crippen LogP contribution is 2.10. The molecule has 2 aromatic heterocycles. The van der Waals surface area contributed by atoms with Gasteiger partial charge in [0.2, 0.25) is 11.0 Å². The molecule has 0 aliphatic heterocycles. The highest BCUT2D eigenvalue weighted by atomic mass is 32.1. The fourth-order valence-corrected chi connectivity index (χ4v) is 1.86. The topological polar surface area (TPSA) is 82.5 Å². The van der Waals surface area contributed by atoms with Crippen LogP contribution in [0.2, 0.25) is 0 Å². The van der Waals surface area contributed by atoms with Gasteiger partial charge in [0.25, 0.3) is 0 Å². The summed E-state index contributed by atoms with van der Waals surface area (Å²) in [5, 5.41) is 4.78. The molecule has 0 amide bonds. The SMILES string of the molecule is CCCc1nsc(-n2cnc(C(N)=S)n2)n1. The Hall–Kier alpha value is -1.41. The maximum atomic E-state index is 5.42. The molecule has 2 rings (SSSR count). The van der Waals surface area contributed by atoms with Crippen molar-refractivity contribution in [1.29, 1.82) is 0 Å². The first-order valence-corrected chi connectivity index (χ1v) is 5.93. The Morgan fingerprint density at radius 2 is 2.44 bits per heavy atom. The maximum Gasteiger partial charge on any atom is 0.231 e. The first kappa shape index (κ1) is 11.1. The highest BCUT2D eigenvalue weighted by Gasteiger charge is 2.09. The van der Waals surface area contributed by atoms with E-state index in [0.29, 0.717) is 11.0 Å². The van der Waals surface area contributed by atoms with Crippen LogP contribution in [0.4, 0.5) is 0 Å². The van der Waals surface area contributed by atoms with E-state index in [1.165, 1.54) is 22.5 Å². The van der Waals surface area contributed by atoms with Gasteiger partial charge < -0.3 is 5.73 Å². The van der Waals surface area contributed by atoms with Gasteiger partial charge in [0.05, 0.1) is 0 Å². The molecule has 0 fully saturated rings. The molecule has 2 N–H and O–H groups in total. The van der Waals surface area contributed by atoms with Gasteiger partial charge in [-0.25, -0.2) is 9.97 Å². The Bertz CT molecular complexity index is 502. The zero-order valence-corrected chi connectivity index (χ0v) is 10.3. The fraction of sp³-hybridized carbons (Fsp3) is 0.375. The zero-order chi connectivity index (χ0) is 11.5. The van der Waals surface area contributed by atoms with Crippen LogP contribution in [-0.2, 0) is 6.42 Å². The quantitative estimate of drug-likeness (QED) is 0.809. The predicted molar refractivity (Wildman–Crippen MR) is 64.7 cm³/mol. The molecule has 0 saturated carbocycles. The largest absolute Gasteiger partial charge is 0.387 e. The van der Waals surface area contributed by atoms with E-state index in [1.54, 1.807) is 0 Å². The summed E-state index contributed by atoms with van der Waals surface area (Å²) in [7, 11) is 0. The van der Waals surface area contributed by atoms with Gasteiger partial charge in [0.1, 0.15) is 17.1 Å². The third kappa shape index (κ3) is 2.22. The minimum atomic E-state index is 0.178. The lowest BCUT2D eigenvalue weighted by Crippen LogP contribution is -2.12. The first-order chi connectivity index (χ1) is 7.70. The Morgan fingerprint density at radius 3 is 3.06 bits per heavy atom. The van der Waals surface area contributed by atoms with Crippen molar-refractivity contribution in [3.63, 3.8) is 0 Å². The third-order valence-corrected chi connectivity index (χ3v) is 2.77. The van der Waals surface area contributed by atoms with Crippen LogP contribution in [-0.4, -0.2) is 29.1 Å². The van der Waals surface area contributed by atoms with Crippen LogP contribution >= 0.6 is 23.8 Å². The van der Waals surface area contributed by atoms with Crippen molar-refractivity contribution < 1.29 is 0 Å². The molecule has 2 aromatic rings. The van der Waals surface area contributed by atoms with Gasteiger partial charge in [-0.1, -0.05) is 19.1 Å². The summed E-state index contributed by atoms with van der Waals surface area (Å²) in [5.74, 6) is 1.18. The van der Waals surface area contributed by atoms with E-state index < -0.39 is 0 Å². The summed E-state index contributed by atoms with van der Waals surface area (Å²) >= 11 is 6.06. The van der Waals surface area contributed by atoms with Gasteiger partial charge in [-0.05, 0) is 6.42 Å². The lowest BCUT2D eigenvalue weighted by atomic mass is 10.3. The van der Waals surface area contributed by atoms with Crippen LogP contribution in [0.15, 0.2) is 6.33 Å². The van der Waals surface area contributed by atoms with Gasteiger partial charge in [-0.3, -0.25) is 0 Å². The van der Waals surface area contributed by atoms with Crippen molar-refractivity contribution in [3.8, 4) is 5.13 Å². The third-order valence-electron chi connectivity index (χ3n) is 1.84. The normalized spacial score (nSPS) is 10.6. The molecule has 84 valence electrons. The molecule has 6 nitrogen and oxygen atoms in total. The predicted octanol–water partition coefficient (Wildman–Crippen LogP) is 0.706. The molecule has 2 heterocycles. The van der Waals surface area contributed by atoms with Crippen LogP contribution in [0.25, 0.3) is 5.13 Å². The fourth-order valence-electron chi connectivity index (χ4n) is 1.13. The van der Waals surface area contributed by atoms with Crippen LogP contribution in [0, 0.1) is 0 Å². The molecular formula is C8H10N6S2. The second kappa shape index (κ2) is 4.62. The summed E-state index contributed by atoms with van der Waals surface area (Å²) in [4.78, 5) is 8.48. The molecule has 0 spiro atoms. The summed E-state index contributed by atoms with van der Waals surface area (Å²) in [5.41, 5.74) is 5.42. The van der Waals surface area contributed by atoms with Crippen LogP contribution in [0.3, 0.4) is 0 Å². The van der Waals surface area contributed by atoms with Gasteiger partial charge in [-0.15, -0.1) is 5.10 Å². The van der Waals surface area contributed by atoms with Gasteiger partial charge >= 0.3 is 0 Å². The Labute approximate surface area is 102 Å². The molecule has 0 aliphatic rings. The molecule has 0 aliphatic carbocycles. The highest BCUT2D eigenvalue weighted by molar-refractivity contribution is 7.80. The minimum Gasteiger partial charge on any atom is -0.387 e. The molecule has 16 heavy (non-hydrogen) atoms. The van der Waals surface area contributed by atoms with Crippen molar-refractivity contribution >= 4 is 28.7 Å². The van der Waals surface area contributed by atoms with Crippen molar-refractivity contribution in [2.24, 2.45) is 5.73 Å². The van der Waals surface area contributed by atoms with Crippen molar-refractivity contribution in [2.45, 2.75) is 19.8 Å². The number of nitrogens with two attached hydrogens (primary N) is 1. The molecule has 0 bridgehead atoms. The van der Waals surface area contributed by atoms with Gasteiger partial charge in [-0.2, -0.15) is 9.06 Å². The average molecular weight is 254 g/mol. The van der Waals surface area contributed by atoms with E-state index in [9.17, 15) is 0 Å².